The van der Waals surface area contributed by atoms with Crippen LogP contribution in [0.5, 0.6) is 0 Å². The van der Waals surface area contributed by atoms with Crippen LogP contribution in [-0.2, 0) is 16.1 Å². The minimum atomic E-state index is -0.200. The second-order valence-electron chi connectivity index (χ2n) is 8.75. The van der Waals surface area contributed by atoms with Gasteiger partial charge < -0.3 is 15.5 Å². The lowest BCUT2D eigenvalue weighted by atomic mass is 10.0. The fourth-order valence-electron chi connectivity index (χ4n) is 3.65. The zero-order valence-corrected chi connectivity index (χ0v) is 18.5. The molecular weight excluding hydrogens is 374 g/mol. The molecule has 0 bridgehead atoms. The third kappa shape index (κ3) is 6.17. The Hall–Kier alpha value is -2.66. The molecule has 2 amide bonds. The molecule has 5 heteroatoms. The van der Waals surface area contributed by atoms with Gasteiger partial charge in [0.2, 0.25) is 5.91 Å². The molecule has 1 saturated carbocycles. The number of aryl methyl sites for hydroxylation is 1. The molecule has 0 saturated heterocycles. The highest BCUT2D eigenvalue weighted by Crippen LogP contribution is 2.18. The van der Waals surface area contributed by atoms with Gasteiger partial charge in [0.25, 0.3) is 5.91 Å². The molecule has 1 aliphatic carbocycles. The summed E-state index contributed by atoms with van der Waals surface area (Å²) in [6.07, 6.45) is 2.33. The first-order chi connectivity index (χ1) is 14.3. The van der Waals surface area contributed by atoms with Crippen LogP contribution in [0.2, 0.25) is 0 Å². The largest absolute Gasteiger partial charge is 0.342 e. The van der Waals surface area contributed by atoms with Gasteiger partial charge in [0.05, 0.1) is 12.6 Å². The summed E-state index contributed by atoms with van der Waals surface area (Å²) in [5.74, 6) is 0.243. The van der Waals surface area contributed by atoms with Gasteiger partial charge in [-0.3, -0.25) is 9.59 Å². The zero-order chi connectivity index (χ0) is 21.7. The van der Waals surface area contributed by atoms with Gasteiger partial charge in [0.15, 0.2) is 6.54 Å². The Morgan fingerprint density at radius 2 is 1.73 bits per heavy atom. The highest BCUT2D eigenvalue weighted by Gasteiger charge is 2.34. The fourth-order valence-corrected chi connectivity index (χ4v) is 3.65. The first-order valence-corrected chi connectivity index (χ1v) is 10.9. The normalized spacial score (nSPS) is 14.4. The molecule has 0 aromatic heterocycles. The average molecular weight is 409 g/mol. The summed E-state index contributed by atoms with van der Waals surface area (Å²) in [6, 6.07) is 15.1. The summed E-state index contributed by atoms with van der Waals surface area (Å²) in [4.78, 5) is 26.0. The fraction of sp³-hybridized carbons (Fsp3) is 0.440. The first-order valence-electron chi connectivity index (χ1n) is 10.9. The molecule has 2 aromatic carbocycles. The molecular formula is C25H34N3O2+. The van der Waals surface area contributed by atoms with E-state index in [1.54, 1.807) is 0 Å². The quantitative estimate of drug-likeness (QED) is 0.597. The van der Waals surface area contributed by atoms with Crippen LogP contribution in [0.3, 0.4) is 0 Å². The number of rotatable bonds is 9. The number of benzene rings is 2. The van der Waals surface area contributed by atoms with E-state index < -0.39 is 0 Å². The minimum Gasteiger partial charge on any atom is -0.342 e. The van der Waals surface area contributed by atoms with E-state index >= 15 is 0 Å². The van der Waals surface area contributed by atoms with E-state index in [4.69, 9.17) is 0 Å². The number of carbonyl (C=O) groups is 2. The van der Waals surface area contributed by atoms with Crippen LogP contribution in [-0.4, -0.2) is 30.9 Å². The van der Waals surface area contributed by atoms with Crippen LogP contribution in [0.1, 0.15) is 54.9 Å². The molecule has 1 fully saturated rings. The van der Waals surface area contributed by atoms with Gasteiger partial charge in [-0.25, -0.2) is 0 Å². The minimum absolute atomic E-state index is 0.00670. The number of hydrogen-bond donors (Lipinski definition) is 3. The molecule has 160 valence electrons. The Labute approximate surface area is 179 Å². The molecule has 5 nitrogen and oxygen atoms in total. The maximum absolute atomic E-state index is 12.5. The van der Waals surface area contributed by atoms with Crippen molar-refractivity contribution >= 4 is 17.5 Å². The van der Waals surface area contributed by atoms with Gasteiger partial charge in [-0.15, -0.1) is 0 Å². The average Bonchev–Trinajstić information content (AvgIpc) is 3.55. The Balaban J connectivity index is 1.49. The Morgan fingerprint density at radius 3 is 2.37 bits per heavy atom. The molecule has 3 N–H and O–H groups in total. The number of nitrogens with one attached hydrogen (secondary N) is 3. The topological polar surface area (TPSA) is 62.6 Å². The lowest BCUT2D eigenvalue weighted by Gasteiger charge is -2.19. The predicted octanol–water partition coefficient (Wildman–Crippen LogP) is 2.73. The van der Waals surface area contributed by atoms with Crippen LogP contribution in [0.4, 0.5) is 5.69 Å². The summed E-state index contributed by atoms with van der Waals surface area (Å²) in [7, 11) is 0. The first kappa shape index (κ1) is 22.0. The summed E-state index contributed by atoms with van der Waals surface area (Å²) >= 11 is 0. The van der Waals surface area contributed by atoms with Crippen LogP contribution >= 0.6 is 0 Å². The van der Waals surface area contributed by atoms with Crippen molar-refractivity contribution in [2.75, 3.05) is 18.4 Å². The third-order valence-electron chi connectivity index (χ3n) is 5.94. The molecule has 3 rings (SSSR count). The number of hydrogen-bond acceptors (Lipinski definition) is 2. The Morgan fingerprint density at radius 1 is 1.03 bits per heavy atom. The van der Waals surface area contributed by atoms with Gasteiger partial charge in [-0.2, -0.15) is 0 Å². The number of quaternary nitrogens is 1. The van der Waals surface area contributed by atoms with Crippen molar-refractivity contribution in [2.24, 2.45) is 0 Å². The van der Waals surface area contributed by atoms with Crippen molar-refractivity contribution in [3.63, 3.8) is 0 Å². The van der Waals surface area contributed by atoms with E-state index in [2.05, 4.69) is 48.7 Å². The van der Waals surface area contributed by atoms with Crippen LogP contribution < -0.4 is 15.5 Å². The van der Waals surface area contributed by atoms with Crippen LogP contribution in [0.15, 0.2) is 42.5 Å². The second kappa shape index (κ2) is 9.90. The van der Waals surface area contributed by atoms with E-state index in [1.807, 2.05) is 32.0 Å². The van der Waals surface area contributed by atoms with Gasteiger partial charge >= 0.3 is 0 Å². The van der Waals surface area contributed by atoms with E-state index in [0.717, 1.165) is 23.4 Å². The summed E-state index contributed by atoms with van der Waals surface area (Å²) in [5, 5.41) is 5.68. The number of carbonyl (C=O) groups excluding carboxylic acids is 2. The molecule has 2 aromatic rings. The Bertz CT molecular complexity index is 886. The summed E-state index contributed by atoms with van der Waals surface area (Å²) in [5.41, 5.74) is 5.55. The predicted molar refractivity (Wildman–Crippen MR) is 121 cm³/mol. The van der Waals surface area contributed by atoms with E-state index in [0.29, 0.717) is 18.5 Å². The van der Waals surface area contributed by atoms with Gasteiger partial charge in [-0.05, 0) is 42.5 Å². The molecule has 30 heavy (non-hydrogen) atoms. The van der Waals surface area contributed by atoms with Gasteiger partial charge in [0.1, 0.15) is 6.54 Å². The summed E-state index contributed by atoms with van der Waals surface area (Å²) < 4.78 is 0. The van der Waals surface area contributed by atoms with Gasteiger partial charge in [-0.1, -0.05) is 50.2 Å². The van der Waals surface area contributed by atoms with Crippen LogP contribution in [0.25, 0.3) is 0 Å². The molecule has 0 aliphatic heterocycles. The van der Waals surface area contributed by atoms with Crippen LogP contribution in [0, 0.1) is 13.8 Å². The van der Waals surface area contributed by atoms with Crippen molar-refractivity contribution in [3.05, 3.63) is 64.7 Å². The van der Waals surface area contributed by atoms with Crippen molar-refractivity contribution < 1.29 is 14.5 Å². The van der Waals surface area contributed by atoms with Crippen molar-refractivity contribution in [2.45, 2.75) is 59.0 Å². The molecule has 1 aliphatic rings. The highest BCUT2D eigenvalue weighted by molar-refractivity contribution is 5.95. The smallest absolute Gasteiger partial charge is 0.275 e. The molecule has 1 unspecified atom stereocenters. The van der Waals surface area contributed by atoms with Crippen molar-refractivity contribution in [3.8, 4) is 0 Å². The molecule has 0 heterocycles. The van der Waals surface area contributed by atoms with E-state index in [1.165, 1.54) is 28.9 Å². The van der Waals surface area contributed by atoms with E-state index in [9.17, 15) is 9.59 Å². The Kier molecular flexibility index (Phi) is 7.27. The lowest BCUT2D eigenvalue weighted by Crippen LogP contribution is -3.13. The van der Waals surface area contributed by atoms with Gasteiger partial charge in [0, 0.05) is 24.1 Å². The summed E-state index contributed by atoms with van der Waals surface area (Å²) in [6.45, 7) is 9.60. The van der Waals surface area contributed by atoms with Crippen molar-refractivity contribution in [1.29, 1.82) is 0 Å². The molecule has 0 radical (unpaired) electrons. The lowest BCUT2D eigenvalue weighted by molar-refractivity contribution is -0.917. The maximum atomic E-state index is 12.5. The second-order valence-corrected chi connectivity index (χ2v) is 8.75. The SMILES string of the molecule is Cc1cccc(NC(=O)CNC(=O)C[NH+](Cc2ccc(C(C)C)cc2)C2CC2)c1C. The monoisotopic (exact) mass is 408 g/mol. The van der Waals surface area contributed by atoms with Crippen molar-refractivity contribution in [1.82, 2.24) is 5.32 Å². The molecule has 0 spiro atoms. The third-order valence-corrected chi connectivity index (χ3v) is 5.94. The number of anilines is 1. The maximum Gasteiger partial charge on any atom is 0.275 e. The molecule has 1 atom stereocenters. The zero-order valence-electron chi connectivity index (χ0n) is 18.5. The number of amides is 2. The standard InChI is InChI=1S/C25H33N3O2/c1-17(2)21-10-8-20(9-11-21)15-28(22-12-13-22)16-25(30)26-14-24(29)27-23-7-5-6-18(3)19(23)4/h5-11,17,22H,12-16H2,1-4H3,(H,26,30)(H,27,29)/p+1. The highest BCUT2D eigenvalue weighted by atomic mass is 16.2. The van der Waals surface area contributed by atoms with E-state index in [-0.39, 0.29) is 18.4 Å².